The molecule has 0 aliphatic carbocycles. The van der Waals surface area contributed by atoms with Crippen molar-refractivity contribution in [2.45, 2.75) is 0 Å². The van der Waals surface area contributed by atoms with Crippen molar-refractivity contribution in [1.82, 2.24) is 9.30 Å². The molecule has 0 atom stereocenters. The van der Waals surface area contributed by atoms with Gasteiger partial charge in [0.25, 0.3) is 0 Å². The number of piperazine rings is 1. The van der Waals surface area contributed by atoms with Crippen LogP contribution in [0.5, 0.6) is 0 Å². The quantitative estimate of drug-likeness (QED) is 0.713. The number of hydrogen-bond acceptors (Lipinski definition) is 4. The van der Waals surface area contributed by atoms with Gasteiger partial charge < -0.3 is 19.3 Å². The van der Waals surface area contributed by atoms with E-state index in [0.29, 0.717) is 29.8 Å². The zero-order chi connectivity index (χ0) is 18.4. The molecule has 2 aromatic heterocycles. The van der Waals surface area contributed by atoms with E-state index < -0.39 is 17.2 Å². The van der Waals surface area contributed by atoms with E-state index in [1.807, 2.05) is 11.9 Å². The SMILES string of the molecule is CN1CCN(c2cc3c(cc2F)c(=O)c(C(=O)O)c2ccccn23)CC1. The van der Waals surface area contributed by atoms with Crippen LogP contribution in [-0.4, -0.2) is 53.6 Å². The minimum absolute atomic E-state index is 0.0708. The summed E-state index contributed by atoms with van der Waals surface area (Å²) >= 11 is 0. The van der Waals surface area contributed by atoms with Crippen molar-refractivity contribution < 1.29 is 14.3 Å². The minimum Gasteiger partial charge on any atom is -0.477 e. The van der Waals surface area contributed by atoms with E-state index in [1.54, 1.807) is 34.9 Å². The average molecular weight is 355 g/mol. The summed E-state index contributed by atoms with van der Waals surface area (Å²) in [7, 11) is 2.02. The zero-order valence-electron chi connectivity index (χ0n) is 14.3. The highest BCUT2D eigenvalue weighted by atomic mass is 19.1. The van der Waals surface area contributed by atoms with Gasteiger partial charge in [-0.2, -0.15) is 0 Å². The molecule has 134 valence electrons. The molecule has 1 aliphatic heterocycles. The van der Waals surface area contributed by atoms with Crippen LogP contribution in [0.15, 0.2) is 41.3 Å². The molecule has 0 unspecified atom stereocenters. The lowest BCUT2D eigenvalue weighted by Crippen LogP contribution is -2.44. The average Bonchev–Trinajstić information content (AvgIpc) is 2.62. The number of halogens is 1. The van der Waals surface area contributed by atoms with Crippen molar-refractivity contribution in [2.24, 2.45) is 0 Å². The molecule has 1 saturated heterocycles. The number of aromatic carboxylic acids is 1. The summed E-state index contributed by atoms with van der Waals surface area (Å²) in [6.45, 7) is 3.05. The van der Waals surface area contributed by atoms with Gasteiger partial charge in [-0.15, -0.1) is 0 Å². The molecule has 0 spiro atoms. The summed E-state index contributed by atoms with van der Waals surface area (Å²) in [5, 5.41) is 9.53. The molecule has 1 fully saturated rings. The fraction of sp³-hybridized carbons (Fsp3) is 0.263. The van der Waals surface area contributed by atoms with Gasteiger partial charge in [0.05, 0.1) is 16.7 Å². The fourth-order valence-corrected chi connectivity index (χ4v) is 3.54. The van der Waals surface area contributed by atoms with Crippen LogP contribution in [0.3, 0.4) is 0 Å². The summed E-state index contributed by atoms with van der Waals surface area (Å²) in [5.41, 5.74) is 0.234. The summed E-state index contributed by atoms with van der Waals surface area (Å²) in [6, 6.07) is 7.83. The third-order valence-corrected chi connectivity index (χ3v) is 4.97. The number of fused-ring (bicyclic) bond motifs is 3. The Bertz CT molecular complexity index is 1080. The first-order valence-electron chi connectivity index (χ1n) is 8.41. The zero-order valence-corrected chi connectivity index (χ0v) is 14.3. The smallest absolute Gasteiger partial charge is 0.341 e. The van der Waals surface area contributed by atoms with Gasteiger partial charge in [-0.1, -0.05) is 6.07 Å². The van der Waals surface area contributed by atoms with E-state index in [9.17, 15) is 19.1 Å². The number of carboxylic acid groups (broad SMARTS) is 1. The lowest BCUT2D eigenvalue weighted by Gasteiger charge is -2.34. The highest BCUT2D eigenvalue weighted by Crippen LogP contribution is 2.27. The Kier molecular flexibility index (Phi) is 3.88. The molecule has 7 heteroatoms. The van der Waals surface area contributed by atoms with Gasteiger partial charge in [-0.25, -0.2) is 9.18 Å². The third kappa shape index (κ3) is 2.52. The summed E-state index contributed by atoms with van der Waals surface area (Å²) in [5.74, 6) is -1.82. The highest BCUT2D eigenvalue weighted by Gasteiger charge is 2.22. The van der Waals surface area contributed by atoms with Crippen LogP contribution in [-0.2, 0) is 0 Å². The number of nitrogens with zero attached hydrogens (tertiary/aromatic N) is 3. The van der Waals surface area contributed by atoms with Crippen LogP contribution in [0.4, 0.5) is 10.1 Å². The Hall–Kier alpha value is -2.93. The van der Waals surface area contributed by atoms with E-state index in [1.165, 1.54) is 0 Å². The molecular weight excluding hydrogens is 337 g/mol. The molecule has 3 heterocycles. The Labute approximate surface area is 148 Å². The van der Waals surface area contributed by atoms with Crippen molar-refractivity contribution >= 4 is 28.1 Å². The largest absolute Gasteiger partial charge is 0.477 e. The predicted octanol–water partition coefficient (Wildman–Crippen LogP) is 2.04. The van der Waals surface area contributed by atoms with E-state index in [0.717, 1.165) is 19.2 Å². The molecule has 1 N–H and O–H groups in total. The summed E-state index contributed by atoms with van der Waals surface area (Å²) in [4.78, 5) is 28.4. The van der Waals surface area contributed by atoms with Gasteiger partial charge >= 0.3 is 5.97 Å². The second-order valence-electron chi connectivity index (χ2n) is 6.58. The van der Waals surface area contributed by atoms with Gasteiger partial charge in [-0.05, 0) is 31.3 Å². The molecule has 4 rings (SSSR count). The van der Waals surface area contributed by atoms with Crippen LogP contribution in [0.2, 0.25) is 0 Å². The van der Waals surface area contributed by atoms with Crippen LogP contribution in [0.25, 0.3) is 16.4 Å². The second kappa shape index (κ2) is 6.10. The van der Waals surface area contributed by atoms with E-state index in [4.69, 9.17) is 0 Å². The number of carboxylic acids is 1. The number of likely N-dealkylation sites (N-methyl/N-ethyl adjacent to an activating group) is 1. The van der Waals surface area contributed by atoms with Crippen molar-refractivity contribution in [3.8, 4) is 0 Å². The maximum Gasteiger partial charge on any atom is 0.341 e. The van der Waals surface area contributed by atoms with Gasteiger partial charge in [0.1, 0.15) is 11.4 Å². The maximum absolute atomic E-state index is 14.8. The minimum atomic E-state index is -1.32. The molecule has 1 aliphatic rings. The normalized spacial score (nSPS) is 15.7. The van der Waals surface area contributed by atoms with E-state index in [-0.39, 0.29) is 10.9 Å². The number of rotatable bonds is 2. The van der Waals surface area contributed by atoms with Gasteiger partial charge in [-0.3, -0.25) is 4.79 Å². The number of benzene rings is 1. The Morgan fingerprint density at radius 2 is 1.85 bits per heavy atom. The van der Waals surface area contributed by atoms with E-state index in [2.05, 4.69) is 4.90 Å². The summed E-state index contributed by atoms with van der Waals surface area (Å²) < 4.78 is 16.4. The van der Waals surface area contributed by atoms with Crippen molar-refractivity contribution in [1.29, 1.82) is 0 Å². The second-order valence-corrected chi connectivity index (χ2v) is 6.58. The third-order valence-electron chi connectivity index (χ3n) is 4.97. The van der Waals surface area contributed by atoms with E-state index >= 15 is 0 Å². The lowest BCUT2D eigenvalue weighted by atomic mass is 10.1. The molecular formula is C19H18FN3O3. The maximum atomic E-state index is 14.8. The van der Waals surface area contributed by atoms with Gasteiger partial charge in [0.15, 0.2) is 0 Å². The monoisotopic (exact) mass is 355 g/mol. The molecule has 0 saturated carbocycles. The lowest BCUT2D eigenvalue weighted by molar-refractivity contribution is 0.0697. The number of carbonyl (C=O) groups is 1. The molecule has 3 aromatic rings. The Balaban J connectivity index is 2.02. The van der Waals surface area contributed by atoms with Gasteiger partial charge in [0, 0.05) is 37.8 Å². The number of hydrogen-bond donors (Lipinski definition) is 1. The van der Waals surface area contributed by atoms with Crippen molar-refractivity contribution in [3.05, 3.63) is 58.1 Å². The molecule has 1 aromatic carbocycles. The number of anilines is 1. The number of pyridine rings is 2. The van der Waals surface area contributed by atoms with Crippen molar-refractivity contribution in [2.75, 3.05) is 38.1 Å². The number of aromatic nitrogens is 1. The fourth-order valence-electron chi connectivity index (χ4n) is 3.54. The van der Waals surface area contributed by atoms with Gasteiger partial charge in [0.2, 0.25) is 5.43 Å². The van der Waals surface area contributed by atoms with Crippen LogP contribution < -0.4 is 10.3 Å². The first-order valence-corrected chi connectivity index (χ1v) is 8.41. The Morgan fingerprint density at radius 1 is 1.12 bits per heavy atom. The first-order chi connectivity index (χ1) is 12.5. The molecule has 0 amide bonds. The molecule has 6 nitrogen and oxygen atoms in total. The predicted molar refractivity (Wildman–Crippen MR) is 97.8 cm³/mol. The van der Waals surface area contributed by atoms with Crippen LogP contribution in [0.1, 0.15) is 10.4 Å². The molecule has 0 bridgehead atoms. The summed E-state index contributed by atoms with van der Waals surface area (Å²) in [6.07, 6.45) is 1.69. The standard InChI is InChI=1S/C19H18FN3O3/c1-21-6-8-22(9-7-21)16-11-15-12(10-13(16)20)18(24)17(19(25)26)14-4-2-3-5-23(14)15/h2-5,10-11H,6-9H2,1H3,(H,25,26). The molecule has 26 heavy (non-hydrogen) atoms. The molecule has 0 radical (unpaired) electrons. The Morgan fingerprint density at radius 3 is 2.54 bits per heavy atom. The highest BCUT2D eigenvalue weighted by molar-refractivity contribution is 6.01. The topological polar surface area (TPSA) is 65.3 Å². The first kappa shape index (κ1) is 16.5. The van der Waals surface area contributed by atoms with Crippen molar-refractivity contribution in [3.63, 3.8) is 0 Å². The van der Waals surface area contributed by atoms with Crippen LogP contribution >= 0.6 is 0 Å². The van der Waals surface area contributed by atoms with Crippen LogP contribution in [0, 0.1) is 5.82 Å².